The van der Waals surface area contributed by atoms with Crippen LogP contribution < -0.4 is 0 Å². The van der Waals surface area contributed by atoms with Gasteiger partial charge in [0.25, 0.3) is 5.69 Å². The van der Waals surface area contributed by atoms with Gasteiger partial charge in [0.05, 0.1) is 4.92 Å². The number of benzene rings is 1. The summed E-state index contributed by atoms with van der Waals surface area (Å²) in [6.45, 7) is 0.573. The third kappa shape index (κ3) is 2.78. The Morgan fingerprint density at radius 2 is 2.14 bits per heavy atom. The minimum Gasteiger partial charge on any atom is -0.305 e. The maximum atomic E-state index is 10.7. The molecule has 0 saturated carbocycles. The van der Waals surface area contributed by atoms with Crippen molar-refractivity contribution in [3.8, 4) is 0 Å². The lowest BCUT2D eigenvalue weighted by Crippen LogP contribution is -2.12. The summed E-state index contributed by atoms with van der Waals surface area (Å²) in [6.07, 6.45) is 0. The van der Waals surface area contributed by atoms with Crippen molar-refractivity contribution < 1.29 is 4.92 Å². The average Bonchev–Trinajstić information content (AvgIpc) is 2.07. The van der Waals surface area contributed by atoms with Gasteiger partial charge in [-0.3, -0.25) is 10.1 Å². The molecule has 0 bridgehead atoms. The third-order valence-corrected chi connectivity index (χ3v) is 2.22. The van der Waals surface area contributed by atoms with E-state index in [1.54, 1.807) is 6.07 Å². The summed E-state index contributed by atoms with van der Waals surface area (Å²) in [5.41, 5.74) is 0.885. The van der Waals surface area contributed by atoms with Crippen molar-refractivity contribution >= 4 is 21.6 Å². The summed E-state index contributed by atoms with van der Waals surface area (Å²) in [5.74, 6) is 0. The van der Waals surface area contributed by atoms with Gasteiger partial charge in [-0.25, -0.2) is 0 Å². The van der Waals surface area contributed by atoms with Crippen LogP contribution in [0.4, 0.5) is 5.69 Å². The summed E-state index contributed by atoms with van der Waals surface area (Å²) in [7, 11) is 3.76. The van der Waals surface area contributed by atoms with E-state index < -0.39 is 0 Å². The molecular weight excluding hydrogens is 248 g/mol. The molecule has 0 unspecified atom stereocenters. The zero-order valence-electron chi connectivity index (χ0n) is 8.03. The van der Waals surface area contributed by atoms with Gasteiger partial charge >= 0.3 is 0 Å². The maximum absolute atomic E-state index is 10.7. The highest BCUT2D eigenvalue weighted by molar-refractivity contribution is 9.10. The molecule has 0 aromatic heterocycles. The quantitative estimate of drug-likeness (QED) is 0.618. The molecule has 0 fully saturated rings. The summed E-state index contributed by atoms with van der Waals surface area (Å²) >= 11 is 3.21. The number of rotatable bonds is 3. The highest BCUT2D eigenvalue weighted by Gasteiger charge is 2.13. The largest absolute Gasteiger partial charge is 0.305 e. The van der Waals surface area contributed by atoms with Crippen LogP contribution in [0, 0.1) is 10.1 Å². The molecule has 0 aliphatic heterocycles. The Hall–Kier alpha value is -0.940. The van der Waals surface area contributed by atoms with Crippen LogP contribution in [0.2, 0.25) is 0 Å². The Morgan fingerprint density at radius 1 is 1.50 bits per heavy atom. The second-order valence-corrected chi connectivity index (χ2v) is 4.18. The van der Waals surface area contributed by atoms with Crippen molar-refractivity contribution in [1.82, 2.24) is 4.90 Å². The Morgan fingerprint density at radius 3 is 2.64 bits per heavy atom. The van der Waals surface area contributed by atoms with E-state index in [9.17, 15) is 10.1 Å². The molecule has 0 atom stereocenters. The first kappa shape index (κ1) is 11.1. The van der Waals surface area contributed by atoms with Crippen LogP contribution >= 0.6 is 15.9 Å². The number of hydrogen-bond donors (Lipinski definition) is 0. The van der Waals surface area contributed by atoms with E-state index in [1.807, 2.05) is 25.1 Å². The van der Waals surface area contributed by atoms with E-state index in [2.05, 4.69) is 15.9 Å². The molecule has 1 rings (SSSR count). The molecule has 0 aliphatic carbocycles. The average molecular weight is 259 g/mol. The van der Waals surface area contributed by atoms with E-state index in [-0.39, 0.29) is 10.6 Å². The Kier molecular flexibility index (Phi) is 3.60. The second-order valence-electron chi connectivity index (χ2n) is 3.27. The fraction of sp³-hybridized carbons (Fsp3) is 0.333. The molecule has 0 heterocycles. The van der Waals surface area contributed by atoms with Crippen molar-refractivity contribution in [1.29, 1.82) is 0 Å². The smallest absolute Gasteiger partial charge is 0.275 e. The fourth-order valence-electron chi connectivity index (χ4n) is 1.18. The van der Waals surface area contributed by atoms with E-state index >= 15 is 0 Å². The molecule has 1 aromatic rings. The highest BCUT2D eigenvalue weighted by Crippen LogP contribution is 2.24. The Labute approximate surface area is 90.8 Å². The zero-order chi connectivity index (χ0) is 10.7. The topological polar surface area (TPSA) is 46.4 Å². The van der Waals surface area contributed by atoms with Gasteiger partial charge in [-0.15, -0.1) is 0 Å². The van der Waals surface area contributed by atoms with E-state index in [1.165, 1.54) is 6.07 Å². The van der Waals surface area contributed by atoms with Gasteiger partial charge in [0.1, 0.15) is 0 Å². The van der Waals surface area contributed by atoms with Crippen molar-refractivity contribution in [3.05, 3.63) is 38.3 Å². The Balaban J connectivity index is 3.08. The van der Waals surface area contributed by atoms with Crippen molar-refractivity contribution in [2.45, 2.75) is 6.54 Å². The number of nitro groups is 1. The van der Waals surface area contributed by atoms with Crippen LogP contribution in [-0.2, 0) is 6.54 Å². The third-order valence-electron chi connectivity index (χ3n) is 1.73. The number of nitro benzene ring substituents is 1. The zero-order valence-corrected chi connectivity index (χ0v) is 9.61. The molecule has 4 nitrogen and oxygen atoms in total. The van der Waals surface area contributed by atoms with Crippen LogP contribution in [0.5, 0.6) is 0 Å². The van der Waals surface area contributed by atoms with Gasteiger partial charge in [-0.2, -0.15) is 0 Å². The predicted molar refractivity (Wildman–Crippen MR) is 58.2 cm³/mol. The molecule has 0 radical (unpaired) electrons. The molecule has 0 saturated heterocycles. The van der Waals surface area contributed by atoms with Crippen molar-refractivity contribution in [2.75, 3.05) is 14.1 Å². The summed E-state index contributed by atoms with van der Waals surface area (Å²) in [6, 6.07) is 5.10. The minimum absolute atomic E-state index is 0.160. The lowest BCUT2D eigenvalue weighted by molar-refractivity contribution is -0.385. The molecule has 0 N–H and O–H groups in total. The van der Waals surface area contributed by atoms with Crippen LogP contribution in [-0.4, -0.2) is 23.9 Å². The first-order valence-electron chi connectivity index (χ1n) is 4.08. The first-order valence-corrected chi connectivity index (χ1v) is 4.87. The number of hydrogen-bond acceptors (Lipinski definition) is 3. The molecule has 1 aromatic carbocycles. The second kappa shape index (κ2) is 4.52. The lowest BCUT2D eigenvalue weighted by Gasteiger charge is -2.09. The van der Waals surface area contributed by atoms with E-state index in [0.29, 0.717) is 6.54 Å². The summed E-state index contributed by atoms with van der Waals surface area (Å²) < 4.78 is 0.728. The SMILES string of the molecule is CN(C)Cc1ccc(Br)cc1[N+](=O)[O-]. The van der Waals surface area contributed by atoms with Crippen molar-refractivity contribution in [3.63, 3.8) is 0 Å². The normalized spacial score (nSPS) is 10.6. The van der Waals surface area contributed by atoms with Crippen LogP contribution in [0.25, 0.3) is 0 Å². The first-order chi connectivity index (χ1) is 6.50. The van der Waals surface area contributed by atoms with E-state index in [4.69, 9.17) is 0 Å². The predicted octanol–water partition coefficient (Wildman–Crippen LogP) is 2.42. The summed E-state index contributed by atoms with van der Waals surface area (Å²) in [5, 5.41) is 10.7. The molecular formula is C9H11BrN2O2. The van der Waals surface area contributed by atoms with Crippen LogP contribution in [0.3, 0.4) is 0 Å². The number of nitrogens with zero attached hydrogens (tertiary/aromatic N) is 2. The molecule has 0 amide bonds. The van der Waals surface area contributed by atoms with E-state index in [0.717, 1.165) is 10.0 Å². The standard InChI is InChI=1S/C9H11BrN2O2/c1-11(2)6-7-3-4-8(10)5-9(7)12(13)14/h3-5H,6H2,1-2H3. The monoisotopic (exact) mass is 258 g/mol. The van der Waals surface area contributed by atoms with Crippen LogP contribution in [0.1, 0.15) is 5.56 Å². The maximum Gasteiger partial charge on any atom is 0.275 e. The molecule has 14 heavy (non-hydrogen) atoms. The van der Waals surface area contributed by atoms with Gasteiger partial charge in [-0.05, 0) is 26.2 Å². The van der Waals surface area contributed by atoms with Gasteiger partial charge in [0, 0.05) is 22.6 Å². The molecule has 0 aliphatic rings. The Bertz CT molecular complexity index is 353. The molecule has 5 heteroatoms. The van der Waals surface area contributed by atoms with Crippen molar-refractivity contribution in [2.24, 2.45) is 0 Å². The van der Waals surface area contributed by atoms with Gasteiger partial charge < -0.3 is 4.90 Å². The van der Waals surface area contributed by atoms with Crippen LogP contribution in [0.15, 0.2) is 22.7 Å². The molecule has 0 spiro atoms. The van der Waals surface area contributed by atoms with Gasteiger partial charge in [0.2, 0.25) is 0 Å². The highest BCUT2D eigenvalue weighted by atomic mass is 79.9. The van der Waals surface area contributed by atoms with Gasteiger partial charge in [0.15, 0.2) is 0 Å². The minimum atomic E-state index is -0.358. The van der Waals surface area contributed by atoms with Gasteiger partial charge in [-0.1, -0.05) is 15.9 Å². The fourth-order valence-corrected chi connectivity index (χ4v) is 1.53. The number of halogens is 1. The lowest BCUT2D eigenvalue weighted by atomic mass is 10.2. The molecule has 76 valence electrons. The summed E-state index contributed by atoms with van der Waals surface area (Å²) in [4.78, 5) is 12.3.